The predicted molar refractivity (Wildman–Crippen MR) is 86.8 cm³/mol. The number of benzene rings is 1. The minimum Gasteiger partial charge on any atom is -0.493 e. The minimum atomic E-state index is 0.650. The molecule has 5 nitrogen and oxygen atoms in total. The van der Waals surface area contributed by atoms with Gasteiger partial charge in [0.25, 0.3) is 0 Å². The average Bonchev–Trinajstić information content (AvgIpc) is 2.98. The summed E-state index contributed by atoms with van der Waals surface area (Å²) in [5.41, 5.74) is 2.54. The van der Waals surface area contributed by atoms with E-state index in [9.17, 15) is 0 Å². The van der Waals surface area contributed by atoms with E-state index in [4.69, 9.17) is 13.9 Å². The molecule has 0 fully saturated rings. The summed E-state index contributed by atoms with van der Waals surface area (Å²) in [5, 5.41) is 4.16. The normalized spacial score (nSPS) is 10.7. The van der Waals surface area contributed by atoms with E-state index < -0.39 is 0 Å². The van der Waals surface area contributed by atoms with Crippen molar-refractivity contribution in [1.82, 2.24) is 4.98 Å². The number of hydrogen-bond acceptors (Lipinski definition) is 5. The fraction of sp³-hybridized carbons (Fsp3) is 0.235. The molecule has 0 radical (unpaired) electrons. The zero-order valence-electron chi connectivity index (χ0n) is 13.1. The Bertz CT molecular complexity index is 824. The van der Waals surface area contributed by atoms with Crippen molar-refractivity contribution in [2.75, 3.05) is 26.6 Å². The number of anilines is 1. The molecule has 0 aliphatic heterocycles. The standard InChI is InChI=1S/C17H18N2O3/c1-10-5-6-15(22-10)14-8-12(18-2)11-7-16(20-3)17(21-4)9-13(11)19-14/h5-9H,1-4H3,(H,18,19). The van der Waals surface area contributed by atoms with E-state index in [-0.39, 0.29) is 0 Å². The van der Waals surface area contributed by atoms with Crippen molar-refractivity contribution in [2.24, 2.45) is 0 Å². The molecule has 1 aromatic carbocycles. The van der Waals surface area contributed by atoms with Gasteiger partial charge >= 0.3 is 0 Å². The molecule has 0 spiro atoms. The lowest BCUT2D eigenvalue weighted by molar-refractivity contribution is 0.356. The van der Waals surface area contributed by atoms with E-state index in [2.05, 4.69) is 10.3 Å². The highest BCUT2D eigenvalue weighted by atomic mass is 16.5. The van der Waals surface area contributed by atoms with Gasteiger partial charge in [0.15, 0.2) is 17.3 Å². The van der Waals surface area contributed by atoms with Crippen LogP contribution in [-0.4, -0.2) is 26.3 Å². The second-order valence-electron chi connectivity index (χ2n) is 4.94. The number of nitrogens with zero attached hydrogens (tertiary/aromatic N) is 1. The van der Waals surface area contributed by atoms with Crippen LogP contribution in [0.2, 0.25) is 0 Å². The van der Waals surface area contributed by atoms with Gasteiger partial charge in [0.2, 0.25) is 0 Å². The fourth-order valence-corrected chi connectivity index (χ4v) is 2.46. The number of furan rings is 1. The molecular weight excluding hydrogens is 280 g/mol. The van der Waals surface area contributed by atoms with Gasteiger partial charge in [-0.25, -0.2) is 4.98 Å². The maximum Gasteiger partial charge on any atom is 0.162 e. The maximum atomic E-state index is 5.67. The monoisotopic (exact) mass is 298 g/mol. The average molecular weight is 298 g/mol. The van der Waals surface area contributed by atoms with Crippen LogP contribution in [0.3, 0.4) is 0 Å². The Morgan fingerprint density at radius 3 is 2.36 bits per heavy atom. The Kier molecular flexibility index (Phi) is 3.63. The van der Waals surface area contributed by atoms with Crippen molar-refractivity contribution in [2.45, 2.75) is 6.92 Å². The summed E-state index contributed by atoms with van der Waals surface area (Å²) in [6.45, 7) is 1.91. The van der Waals surface area contributed by atoms with Crippen molar-refractivity contribution in [3.8, 4) is 23.0 Å². The van der Waals surface area contributed by atoms with Crippen molar-refractivity contribution < 1.29 is 13.9 Å². The number of rotatable bonds is 4. The first-order valence-corrected chi connectivity index (χ1v) is 6.97. The smallest absolute Gasteiger partial charge is 0.162 e. The van der Waals surface area contributed by atoms with Crippen molar-refractivity contribution in [1.29, 1.82) is 0 Å². The van der Waals surface area contributed by atoms with E-state index in [0.717, 1.165) is 33.8 Å². The van der Waals surface area contributed by atoms with Crippen LogP contribution in [0.15, 0.2) is 34.7 Å². The number of ether oxygens (including phenoxy) is 2. The van der Waals surface area contributed by atoms with Gasteiger partial charge in [-0.3, -0.25) is 0 Å². The molecule has 0 aliphatic carbocycles. The van der Waals surface area contributed by atoms with Crippen LogP contribution < -0.4 is 14.8 Å². The molecule has 5 heteroatoms. The summed E-state index contributed by atoms with van der Waals surface area (Å²) in [4.78, 5) is 4.68. The summed E-state index contributed by atoms with van der Waals surface area (Å²) in [5.74, 6) is 2.92. The van der Waals surface area contributed by atoms with Gasteiger partial charge in [-0.05, 0) is 31.2 Å². The molecule has 114 valence electrons. The van der Waals surface area contributed by atoms with Crippen LogP contribution in [-0.2, 0) is 0 Å². The van der Waals surface area contributed by atoms with Crippen LogP contribution in [0.5, 0.6) is 11.5 Å². The highest BCUT2D eigenvalue weighted by Gasteiger charge is 2.13. The Labute approximate surface area is 128 Å². The number of fused-ring (bicyclic) bond motifs is 1. The molecule has 0 unspecified atom stereocenters. The van der Waals surface area contributed by atoms with E-state index >= 15 is 0 Å². The third kappa shape index (κ3) is 2.35. The zero-order chi connectivity index (χ0) is 15.7. The molecule has 2 heterocycles. The molecule has 22 heavy (non-hydrogen) atoms. The Hall–Kier alpha value is -2.69. The number of hydrogen-bond donors (Lipinski definition) is 1. The minimum absolute atomic E-state index is 0.650. The van der Waals surface area contributed by atoms with E-state index in [1.807, 2.05) is 44.3 Å². The molecule has 3 aromatic rings. The molecular formula is C17H18N2O3. The third-order valence-corrected chi connectivity index (χ3v) is 3.58. The van der Waals surface area contributed by atoms with E-state index in [0.29, 0.717) is 11.5 Å². The molecule has 0 bridgehead atoms. The number of aryl methyl sites for hydroxylation is 1. The summed E-state index contributed by atoms with van der Waals surface area (Å²) in [6.07, 6.45) is 0. The van der Waals surface area contributed by atoms with Crippen LogP contribution in [0, 0.1) is 6.92 Å². The molecule has 2 aromatic heterocycles. The molecule has 0 saturated heterocycles. The van der Waals surface area contributed by atoms with Gasteiger partial charge in [0.05, 0.1) is 19.7 Å². The van der Waals surface area contributed by atoms with Crippen molar-refractivity contribution >= 4 is 16.6 Å². The van der Waals surface area contributed by atoms with Gasteiger partial charge in [0.1, 0.15) is 11.5 Å². The zero-order valence-corrected chi connectivity index (χ0v) is 13.1. The second-order valence-corrected chi connectivity index (χ2v) is 4.94. The van der Waals surface area contributed by atoms with E-state index in [1.165, 1.54) is 0 Å². The van der Waals surface area contributed by atoms with Gasteiger partial charge in [-0.15, -0.1) is 0 Å². The summed E-state index contributed by atoms with van der Waals surface area (Å²) >= 11 is 0. The predicted octanol–water partition coefficient (Wildman–Crippen LogP) is 3.86. The molecule has 0 saturated carbocycles. The highest BCUT2D eigenvalue weighted by molar-refractivity contribution is 5.95. The third-order valence-electron chi connectivity index (χ3n) is 3.58. The lowest BCUT2D eigenvalue weighted by Crippen LogP contribution is -1.96. The first-order chi connectivity index (χ1) is 10.7. The summed E-state index contributed by atoms with van der Waals surface area (Å²) < 4.78 is 16.4. The van der Waals surface area contributed by atoms with Crippen LogP contribution in [0.25, 0.3) is 22.4 Å². The fourth-order valence-electron chi connectivity index (χ4n) is 2.46. The summed E-state index contributed by atoms with van der Waals surface area (Å²) in [7, 11) is 5.11. The highest BCUT2D eigenvalue weighted by Crippen LogP contribution is 2.36. The van der Waals surface area contributed by atoms with Crippen molar-refractivity contribution in [3.63, 3.8) is 0 Å². The molecule has 3 rings (SSSR count). The SMILES string of the molecule is CNc1cc(-c2ccc(C)o2)nc2cc(OC)c(OC)cc12. The Morgan fingerprint density at radius 1 is 1.05 bits per heavy atom. The second kappa shape index (κ2) is 5.60. The molecule has 0 aliphatic rings. The topological polar surface area (TPSA) is 56.5 Å². The number of pyridine rings is 1. The van der Waals surface area contributed by atoms with Crippen LogP contribution >= 0.6 is 0 Å². The van der Waals surface area contributed by atoms with Gasteiger partial charge in [0, 0.05) is 24.2 Å². The first-order valence-electron chi connectivity index (χ1n) is 6.97. The maximum absolute atomic E-state index is 5.67. The number of methoxy groups -OCH3 is 2. The van der Waals surface area contributed by atoms with E-state index in [1.54, 1.807) is 14.2 Å². The lowest BCUT2D eigenvalue weighted by atomic mass is 10.1. The van der Waals surface area contributed by atoms with Crippen LogP contribution in [0.4, 0.5) is 5.69 Å². The Balaban J connectivity index is 2.26. The summed E-state index contributed by atoms with van der Waals surface area (Å²) in [6, 6.07) is 9.60. The number of aromatic nitrogens is 1. The van der Waals surface area contributed by atoms with Gasteiger partial charge in [-0.2, -0.15) is 0 Å². The molecule has 0 amide bonds. The quantitative estimate of drug-likeness (QED) is 0.792. The lowest BCUT2D eigenvalue weighted by Gasteiger charge is -2.12. The molecule has 0 atom stereocenters. The number of nitrogens with one attached hydrogen (secondary N) is 1. The van der Waals surface area contributed by atoms with Gasteiger partial charge in [-0.1, -0.05) is 0 Å². The molecule has 1 N–H and O–H groups in total. The van der Waals surface area contributed by atoms with Crippen molar-refractivity contribution in [3.05, 3.63) is 36.1 Å². The largest absolute Gasteiger partial charge is 0.493 e. The first kappa shape index (κ1) is 14.3. The Morgan fingerprint density at radius 2 is 1.77 bits per heavy atom. The van der Waals surface area contributed by atoms with Gasteiger partial charge < -0.3 is 19.2 Å². The van der Waals surface area contributed by atoms with Crippen LogP contribution in [0.1, 0.15) is 5.76 Å².